The average molecular weight is 337 g/mol. The number of benzene rings is 1. The first-order valence-corrected chi connectivity index (χ1v) is 8.19. The number of anilines is 1. The Morgan fingerprint density at radius 3 is 3.05 bits per heavy atom. The van der Waals surface area contributed by atoms with E-state index in [0.29, 0.717) is 6.04 Å². The maximum absolute atomic E-state index is 3.57. The van der Waals surface area contributed by atoms with Gasteiger partial charge in [0.15, 0.2) is 0 Å². The largest absolute Gasteiger partial charge is 0.365 e. The van der Waals surface area contributed by atoms with Crippen molar-refractivity contribution in [2.24, 2.45) is 0 Å². The van der Waals surface area contributed by atoms with Crippen molar-refractivity contribution in [3.05, 3.63) is 50.6 Å². The first-order valence-electron chi connectivity index (χ1n) is 6.51. The number of hydrogen-bond acceptors (Lipinski definition) is 3. The van der Waals surface area contributed by atoms with Gasteiger partial charge in [-0.05, 0) is 51.5 Å². The molecule has 0 bridgehead atoms. The summed E-state index contributed by atoms with van der Waals surface area (Å²) in [6.45, 7) is 5.24. The van der Waals surface area contributed by atoms with Crippen LogP contribution in [0.3, 0.4) is 0 Å². The van der Waals surface area contributed by atoms with E-state index in [1.807, 2.05) is 0 Å². The van der Waals surface area contributed by atoms with E-state index in [9.17, 15) is 0 Å². The highest BCUT2D eigenvalue weighted by Gasteiger charge is 2.18. The zero-order valence-electron chi connectivity index (χ0n) is 10.9. The second kappa shape index (κ2) is 5.65. The Morgan fingerprint density at radius 2 is 2.26 bits per heavy atom. The van der Waals surface area contributed by atoms with E-state index in [1.54, 1.807) is 11.3 Å². The van der Waals surface area contributed by atoms with E-state index >= 15 is 0 Å². The molecule has 1 atom stereocenters. The first-order chi connectivity index (χ1) is 9.22. The van der Waals surface area contributed by atoms with Crippen LogP contribution >= 0.6 is 27.3 Å². The molecule has 0 fully saturated rings. The lowest BCUT2D eigenvalue weighted by Crippen LogP contribution is -2.35. The molecule has 19 heavy (non-hydrogen) atoms. The van der Waals surface area contributed by atoms with Crippen LogP contribution in [-0.2, 0) is 13.1 Å². The maximum Gasteiger partial charge on any atom is 0.0701 e. The Kier molecular flexibility index (Phi) is 3.91. The van der Waals surface area contributed by atoms with Gasteiger partial charge >= 0.3 is 0 Å². The van der Waals surface area contributed by atoms with Gasteiger partial charge in [-0.3, -0.25) is 0 Å². The SMILES string of the molecule is CC1CN(Cc2csc(Br)c2)c2ccccc2CN1. The maximum atomic E-state index is 3.57. The third-order valence-electron chi connectivity index (χ3n) is 3.46. The third kappa shape index (κ3) is 3.02. The van der Waals surface area contributed by atoms with E-state index in [4.69, 9.17) is 0 Å². The van der Waals surface area contributed by atoms with Crippen molar-refractivity contribution in [2.75, 3.05) is 11.4 Å². The molecule has 1 aromatic carbocycles. The standard InChI is InChI=1S/C15H17BrN2S/c1-11-8-18(9-12-6-15(16)19-10-12)14-5-3-2-4-13(14)7-17-11/h2-6,10-11,17H,7-9H2,1H3. The normalized spacial score (nSPS) is 19.1. The number of halogens is 1. The minimum absolute atomic E-state index is 0.509. The summed E-state index contributed by atoms with van der Waals surface area (Å²) in [4.78, 5) is 2.48. The zero-order valence-corrected chi connectivity index (χ0v) is 13.3. The molecule has 0 aliphatic carbocycles. The summed E-state index contributed by atoms with van der Waals surface area (Å²) >= 11 is 5.30. The fraction of sp³-hybridized carbons (Fsp3) is 0.333. The zero-order chi connectivity index (χ0) is 13.2. The van der Waals surface area contributed by atoms with Crippen LogP contribution in [0.4, 0.5) is 5.69 Å². The molecule has 0 saturated heterocycles. The number of thiophene rings is 1. The van der Waals surface area contributed by atoms with Crippen molar-refractivity contribution in [2.45, 2.75) is 26.1 Å². The molecule has 0 radical (unpaired) electrons. The molecule has 1 N–H and O–H groups in total. The molecule has 3 rings (SSSR count). The fourth-order valence-corrected chi connectivity index (χ4v) is 3.75. The van der Waals surface area contributed by atoms with Crippen LogP contribution in [0, 0.1) is 0 Å². The van der Waals surface area contributed by atoms with Gasteiger partial charge in [0, 0.05) is 31.4 Å². The van der Waals surface area contributed by atoms with Crippen molar-refractivity contribution < 1.29 is 0 Å². The molecular weight excluding hydrogens is 320 g/mol. The van der Waals surface area contributed by atoms with Gasteiger partial charge in [0.2, 0.25) is 0 Å². The van der Waals surface area contributed by atoms with Gasteiger partial charge in [0.05, 0.1) is 3.79 Å². The van der Waals surface area contributed by atoms with Crippen LogP contribution in [0.25, 0.3) is 0 Å². The van der Waals surface area contributed by atoms with E-state index < -0.39 is 0 Å². The molecule has 4 heteroatoms. The molecule has 2 aromatic rings. The highest BCUT2D eigenvalue weighted by atomic mass is 79.9. The van der Waals surface area contributed by atoms with Crippen LogP contribution < -0.4 is 10.2 Å². The number of nitrogens with one attached hydrogen (secondary N) is 1. The van der Waals surface area contributed by atoms with Gasteiger partial charge in [-0.1, -0.05) is 18.2 Å². The van der Waals surface area contributed by atoms with Crippen LogP contribution in [-0.4, -0.2) is 12.6 Å². The predicted molar refractivity (Wildman–Crippen MR) is 85.8 cm³/mol. The Balaban J connectivity index is 1.89. The molecule has 100 valence electrons. The predicted octanol–water partition coefficient (Wildman–Crippen LogP) is 4.01. The van der Waals surface area contributed by atoms with Crippen molar-refractivity contribution in [1.82, 2.24) is 5.32 Å². The summed E-state index contributed by atoms with van der Waals surface area (Å²) in [5.74, 6) is 0. The third-order valence-corrected chi connectivity index (χ3v) is 5.02. The Morgan fingerprint density at radius 1 is 1.42 bits per heavy atom. The van der Waals surface area contributed by atoms with Crippen LogP contribution in [0.5, 0.6) is 0 Å². The van der Waals surface area contributed by atoms with Gasteiger partial charge in [-0.2, -0.15) is 0 Å². The monoisotopic (exact) mass is 336 g/mol. The Labute approximate surface area is 126 Å². The minimum Gasteiger partial charge on any atom is -0.365 e. The van der Waals surface area contributed by atoms with Crippen molar-refractivity contribution in [1.29, 1.82) is 0 Å². The summed E-state index contributed by atoms with van der Waals surface area (Å²) in [6, 6.07) is 11.4. The first kappa shape index (κ1) is 13.2. The summed E-state index contributed by atoms with van der Waals surface area (Å²) in [5.41, 5.74) is 4.13. The van der Waals surface area contributed by atoms with E-state index in [2.05, 4.69) is 68.8 Å². The number of nitrogens with zero attached hydrogens (tertiary/aromatic N) is 1. The number of hydrogen-bond donors (Lipinski definition) is 1. The summed E-state index contributed by atoms with van der Waals surface area (Å²) in [5, 5.41) is 5.81. The van der Waals surface area contributed by atoms with Crippen LogP contribution in [0.15, 0.2) is 39.5 Å². The summed E-state index contributed by atoms with van der Waals surface area (Å²) < 4.78 is 1.21. The molecule has 2 nitrogen and oxygen atoms in total. The molecule has 0 saturated carbocycles. The molecule has 2 heterocycles. The van der Waals surface area contributed by atoms with E-state index in [1.165, 1.54) is 20.6 Å². The molecule has 0 amide bonds. The second-order valence-corrected chi connectivity index (χ2v) is 7.34. The van der Waals surface area contributed by atoms with Gasteiger partial charge in [0.25, 0.3) is 0 Å². The Bertz CT molecular complexity index is 567. The van der Waals surface area contributed by atoms with Crippen molar-refractivity contribution in [3.63, 3.8) is 0 Å². The molecule has 1 aliphatic rings. The average Bonchev–Trinajstić information content (AvgIpc) is 2.74. The number of para-hydroxylation sites is 1. The van der Waals surface area contributed by atoms with Crippen molar-refractivity contribution >= 4 is 33.0 Å². The van der Waals surface area contributed by atoms with Crippen molar-refractivity contribution in [3.8, 4) is 0 Å². The minimum atomic E-state index is 0.509. The molecule has 1 aromatic heterocycles. The highest BCUT2D eigenvalue weighted by molar-refractivity contribution is 9.11. The smallest absolute Gasteiger partial charge is 0.0701 e. The van der Waals surface area contributed by atoms with Crippen LogP contribution in [0.2, 0.25) is 0 Å². The Hall–Kier alpha value is -0.840. The fourth-order valence-electron chi connectivity index (χ4n) is 2.55. The lowest BCUT2D eigenvalue weighted by Gasteiger charge is -2.26. The summed E-state index contributed by atoms with van der Waals surface area (Å²) in [6.07, 6.45) is 0. The van der Waals surface area contributed by atoms with Gasteiger partial charge in [0.1, 0.15) is 0 Å². The lowest BCUT2D eigenvalue weighted by molar-refractivity contribution is 0.552. The topological polar surface area (TPSA) is 15.3 Å². The van der Waals surface area contributed by atoms with Gasteiger partial charge < -0.3 is 10.2 Å². The summed E-state index contributed by atoms with van der Waals surface area (Å²) in [7, 11) is 0. The molecular formula is C15H17BrN2S. The quantitative estimate of drug-likeness (QED) is 0.891. The molecule has 1 aliphatic heterocycles. The number of rotatable bonds is 2. The molecule has 1 unspecified atom stereocenters. The number of fused-ring (bicyclic) bond motifs is 1. The van der Waals surface area contributed by atoms with Gasteiger partial charge in [-0.25, -0.2) is 0 Å². The van der Waals surface area contributed by atoms with E-state index in [-0.39, 0.29) is 0 Å². The van der Waals surface area contributed by atoms with Crippen LogP contribution in [0.1, 0.15) is 18.1 Å². The molecule has 0 spiro atoms. The highest BCUT2D eigenvalue weighted by Crippen LogP contribution is 2.27. The van der Waals surface area contributed by atoms with Gasteiger partial charge in [-0.15, -0.1) is 11.3 Å². The van der Waals surface area contributed by atoms with E-state index in [0.717, 1.165) is 19.6 Å². The second-order valence-electron chi connectivity index (χ2n) is 5.05. The lowest BCUT2D eigenvalue weighted by atomic mass is 10.1.